The van der Waals surface area contributed by atoms with E-state index in [1.807, 2.05) is 20.8 Å². The van der Waals surface area contributed by atoms with Gasteiger partial charge in [-0.05, 0) is 45.4 Å². The van der Waals surface area contributed by atoms with Crippen LogP contribution in [0.5, 0.6) is 0 Å². The summed E-state index contributed by atoms with van der Waals surface area (Å²) in [6.07, 6.45) is 4.18. The fourth-order valence-electron chi connectivity index (χ4n) is 3.95. The molecule has 1 amide bonds. The van der Waals surface area contributed by atoms with Crippen molar-refractivity contribution in [2.75, 3.05) is 59.4 Å². The topological polar surface area (TPSA) is 92.3 Å². The SMILES string of the molecule is CC(C)(C)OC(=O)CCOCCOCCOCCOCCNC(=O)C1C2CCC#CCCC21. The fourth-order valence-corrected chi connectivity index (χ4v) is 3.95. The first-order chi connectivity index (χ1) is 15.9. The van der Waals surface area contributed by atoms with Gasteiger partial charge in [0.05, 0.1) is 59.3 Å². The minimum atomic E-state index is -0.467. The lowest BCUT2D eigenvalue weighted by Gasteiger charge is -2.19. The predicted octanol–water partition coefficient (Wildman–Crippen LogP) is 2.34. The lowest BCUT2D eigenvalue weighted by Crippen LogP contribution is -2.30. The first-order valence-corrected chi connectivity index (χ1v) is 12.1. The standard InChI is InChI=1S/C25H41NO7/c1-25(2,3)33-22(27)10-12-29-14-16-31-18-19-32-17-15-30-13-11-26-24(28)23-20-8-6-4-5-7-9-21(20)23/h20-21,23H,6-19H2,1-3H3,(H,26,28). The molecule has 0 aromatic rings. The summed E-state index contributed by atoms with van der Waals surface area (Å²) in [4.78, 5) is 23.8. The van der Waals surface area contributed by atoms with Gasteiger partial charge in [-0.2, -0.15) is 0 Å². The first kappa shape index (κ1) is 27.6. The van der Waals surface area contributed by atoms with Gasteiger partial charge in [0.25, 0.3) is 0 Å². The summed E-state index contributed by atoms with van der Waals surface area (Å²) < 4.78 is 26.9. The van der Waals surface area contributed by atoms with E-state index < -0.39 is 5.60 Å². The number of carbonyl (C=O) groups is 2. The van der Waals surface area contributed by atoms with E-state index in [4.69, 9.17) is 23.7 Å². The van der Waals surface area contributed by atoms with Crippen molar-refractivity contribution in [2.45, 2.75) is 58.5 Å². The van der Waals surface area contributed by atoms with Crippen LogP contribution in [0.1, 0.15) is 52.9 Å². The van der Waals surface area contributed by atoms with Crippen LogP contribution in [0.2, 0.25) is 0 Å². The molecule has 1 N–H and O–H groups in total. The Kier molecular flexibility index (Phi) is 12.8. The third kappa shape index (κ3) is 12.4. The predicted molar refractivity (Wildman–Crippen MR) is 123 cm³/mol. The lowest BCUT2D eigenvalue weighted by atomic mass is 10.1. The van der Waals surface area contributed by atoms with Crippen molar-refractivity contribution in [3.05, 3.63) is 0 Å². The van der Waals surface area contributed by atoms with E-state index in [-0.39, 0.29) is 24.2 Å². The highest BCUT2D eigenvalue weighted by molar-refractivity contribution is 5.82. The van der Waals surface area contributed by atoms with Gasteiger partial charge in [0.2, 0.25) is 5.91 Å². The van der Waals surface area contributed by atoms with Crippen molar-refractivity contribution in [2.24, 2.45) is 17.8 Å². The number of esters is 1. The van der Waals surface area contributed by atoms with Gasteiger partial charge >= 0.3 is 5.97 Å². The Hall–Kier alpha value is -1.66. The second-order valence-electron chi connectivity index (χ2n) is 9.36. The summed E-state index contributed by atoms with van der Waals surface area (Å²) in [6, 6.07) is 0. The molecule has 0 aromatic carbocycles. The molecule has 2 unspecified atom stereocenters. The Bertz CT molecular complexity index is 631. The van der Waals surface area contributed by atoms with Crippen LogP contribution < -0.4 is 5.32 Å². The minimum absolute atomic E-state index is 0.165. The zero-order valence-electron chi connectivity index (χ0n) is 20.5. The normalized spacial score (nSPS) is 21.7. The molecule has 1 saturated carbocycles. The zero-order chi connectivity index (χ0) is 23.9. The Morgan fingerprint density at radius 2 is 1.27 bits per heavy atom. The van der Waals surface area contributed by atoms with Crippen molar-refractivity contribution >= 4 is 11.9 Å². The fraction of sp³-hybridized carbons (Fsp3) is 0.840. The highest BCUT2D eigenvalue weighted by Crippen LogP contribution is 2.52. The van der Waals surface area contributed by atoms with Crippen molar-refractivity contribution in [3.8, 4) is 11.8 Å². The summed E-state index contributed by atoms with van der Waals surface area (Å²) in [6.45, 7) is 9.64. The van der Waals surface area contributed by atoms with E-state index in [9.17, 15) is 9.59 Å². The van der Waals surface area contributed by atoms with E-state index in [2.05, 4.69) is 17.2 Å². The van der Waals surface area contributed by atoms with Gasteiger partial charge in [0.1, 0.15) is 5.60 Å². The van der Waals surface area contributed by atoms with E-state index in [0.29, 0.717) is 71.2 Å². The van der Waals surface area contributed by atoms with E-state index >= 15 is 0 Å². The quantitative estimate of drug-likeness (QED) is 0.212. The molecule has 2 aliphatic carbocycles. The number of amides is 1. The van der Waals surface area contributed by atoms with Crippen LogP contribution >= 0.6 is 0 Å². The summed E-state index contributed by atoms with van der Waals surface area (Å²) in [7, 11) is 0. The van der Waals surface area contributed by atoms with Gasteiger partial charge in [-0.15, -0.1) is 11.8 Å². The summed E-state index contributed by atoms with van der Waals surface area (Å²) >= 11 is 0. The smallest absolute Gasteiger partial charge is 0.308 e. The number of nitrogens with one attached hydrogen (secondary N) is 1. The highest BCUT2D eigenvalue weighted by Gasteiger charge is 2.53. The number of ether oxygens (including phenoxy) is 5. The van der Waals surface area contributed by atoms with E-state index in [1.54, 1.807) is 0 Å². The van der Waals surface area contributed by atoms with Crippen molar-refractivity contribution in [3.63, 3.8) is 0 Å². The first-order valence-electron chi connectivity index (χ1n) is 12.1. The molecule has 0 saturated heterocycles. The Morgan fingerprint density at radius 3 is 1.79 bits per heavy atom. The molecule has 8 nitrogen and oxygen atoms in total. The van der Waals surface area contributed by atoms with Gasteiger partial charge in [-0.3, -0.25) is 9.59 Å². The molecule has 1 fully saturated rings. The van der Waals surface area contributed by atoms with Crippen molar-refractivity contribution in [1.82, 2.24) is 5.32 Å². The Morgan fingerprint density at radius 1 is 0.788 bits per heavy atom. The largest absolute Gasteiger partial charge is 0.460 e. The molecule has 33 heavy (non-hydrogen) atoms. The molecule has 8 heteroatoms. The monoisotopic (exact) mass is 467 g/mol. The summed E-state index contributed by atoms with van der Waals surface area (Å²) in [5, 5.41) is 2.99. The van der Waals surface area contributed by atoms with Gasteiger partial charge in [0.15, 0.2) is 0 Å². The second-order valence-corrected chi connectivity index (χ2v) is 9.36. The maximum Gasteiger partial charge on any atom is 0.308 e. The van der Waals surface area contributed by atoms with Crippen LogP contribution in [0.3, 0.4) is 0 Å². The molecule has 188 valence electrons. The van der Waals surface area contributed by atoms with Crippen molar-refractivity contribution in [1.29, 1.82) is 0 Å². The molecule has 2 atom stereocenters. The molecule has 2 rings (SSSR count). The van der Waals surface area contributed by atoms with Crippen LogP contribution in [0.4, 0.5) is 0 Å². The lowest BCUT2D eigenvalue weighted by molar-refractivity contribution is -0.156. The molecule has 0 radical (unpaired) electrons. The molecule has 0 aliphatic heterocycles. The maximum absolute atomic E-state index is 12.3. The zero-order valence-corrected chi connectivity index (χ0v) is 20.5. The molecular weight excluding hydrogens is 426 g/mol. The Labute approximate surface area is 198 Å². The van der Waals surface area contributed by atoms with Crippen LogP contribution in [0.15, 0.2) is 0 Å². The number of hydrogen-bond acceptors (Lipinski definition) is 7. The van der Waals surface area contributed by atoms with Crippen LogP contribution in [-0.4, -0.2) is 76.9 Å². The number of rotatable bonds is 16. The molecule has 0 heterocycles. The average molecular weight is 468 g/mol. The number of carbonyl (C=O) groups excluding carboxylic acids is 2. The summed E-state index contributed by atoms with van der Waals surface area (Å²) in [5.74, 6) is 7.47. The Balaban J connectivity index is 1.29. The number of fused-ring (bicyclic) bond motifs is 1. The van der Waals surface area contributed by atoms with Crippen LogP contribution in [0, 0.1) is 29.6 Å². The minimum Gasteiger partial charge on any atom is -0.460 e. The second kappa shape index (κ2) is 15.3. The molecule has 2 aliphatic rings. The third-order valence-electron chi connectivity index (χ3n) is 5.50. The van der Waals surface area contributed by atoms with Gasteiger partial charge in [-0.1, -0.05) is 0 Å². The molecule has 0 aromatic heterocycles. The van der Waals surface area contributed by atoms with E-state index in [1.165, 1.54) is 0 Å². The molecule has 0 bridgehead atoms. The highest BCUT2D eigenvalue weighted by atomic mass is 16.6. The molecular formula is C25H41NO7. The molecule has 0 spiro atoms. The van der Waals surface area contributed by atoms with Crippen LogP contribution in [-0.2, 0) is 33.3 Å². The van der Waals surface area contributed by atoms with Crippen LogP contribution in [0.25, 0.3) is 0 Å². The maximum atomic E-state index is 12.3. The van der Waals surface area contributed by atoms with Gasteiger partial charge < -0.3 is 29.0 Å². The van der Waals surface area contributed by atoms with Crippen molar-refractivity contribution < 1.29 is 33.3 Å². The van der Waals surface area contributed by atoms with E-state index in [0.717, 1.165) is 25.7 Å². The number of hydrogen-bond donors (Lipinski definition) is 1. The van der Waals surface area contributed by atoms with Gasteiger partial charge in [0, 0.05) is 25.3 Å². The average Bonchev–Trinajstić information content (AvgIpc) is 3.40. The third-order valence-corrected chi connectivity index (χ3v) is 5.50. The summed E-state index contributed by atoms with van der Waals surface area (Å²) in [5.41, 5.74) is -0.467. The van der Waals surface area contributed by atoms with Gasteiger partial charge in [-0.25, -0.2) is 0 Å².